The SMILES string of the molecule is CCc1cc(F)cc(C(=O)OC)c1C. The Hall–Kier alpha value is -1.38. The maximum Gasteiger partial charge on any atom is 0.338 e. The van der Waals surface area contributed by atoms with Gasteiger partial charge in [-0.1, -0.05) is 6.92 Å². The minimum Gasteiger partial charge on any atom is -0.465 e. The number of rotatable bonds is 2. The first-order chi connectivity index (χ1) is 6.60. The van der Waals surface area contributed by atoms with Crippen molar-refractivity contribution in [2.75, 3.05) is 7.11 Å². The molecular weight excluding hydrogens is 183 g/mol. The molecule has 0 amide bonds. The second kappa shape index (κ2) is 4.22. The highest BCUT2D eigenvalue weighted by Gasteiger charge is 2.13. The summed E-state index contributed by atoms with van der Waals surface area (Å²) < 4.78 is 17.6. The molecule has 0 saturated carbocycles. The zero-order chi connectivity index (χ0) is 10.7. The number of esters is 1. The van der Waals surface area contributed by atoms with Crippen molar-refractivity contribution in [3.63, 3.8) is 0 Å². The van der Waals surface area contributed by atoms with E-state index in [1.165, 1.54) is 19.2 Å². The van der Waals surface area contributed by atoms with Crippen LogP contribution in [0.1, 0.15) is 28.4 Å². The number of halogens is 1. The van der Waals surface area contributed by atoms with E-state index in [2.05, 4.69) is 4.74 Å². The molecule has 0 N–H and O–H groups in total. The number of benzene rings is 1. The highest BCUT2D eigenvalue weighted by atomic mass is 19.1. The smallest absolute Gasteiger partial charge is 0.338 e. The summed E-state index contributed by atoms with van der Waals surface area (Å²) in [5.41, 5.74) is 1.94. The van der Waals surface area contributed by atoms with Crippen LogP contribution in [0.25, 0.3) is 0 Å². The van der Waals surface area contributed by atoms with E-state index in [0.29, 0.717) is 12.0 Å². The minimum absolute atomic E-state index is 0.310. The van der Waals surface area contributed by atoms with Crippen molar-refractivity contribution in [1.82, 2.24) is 0 Å². The van der Waals surface area contributed by atoms with Crippen molar-refractivity contribution >= 4 is 5.97 Å². The Labute approximate surface area is 82.7 Å². The van der Waals surface area contributed by atoms with Gasteiger partial charge in [-0.2, -0.15) is 0 Å². The maximum atomic E-state index is 13.1. The van der Waals surface area contributed by atoms with E-state index in [0.717, 1.165) is 11.1 Å². The fourth-order valence-corrected chi connectivity index (χ4v) is 1.42. The van der Waals surface area contributed by atoms with Crippen molar-refractivity contribution in [1.29, 1.82) is 0 Å². The molecule has 1 aromatic rings. The normalized spacial score (nSPS) is 10.0. The largest absolute Gasteiger partial charge is 0.465 e. The van der Waals surface area contributed by atoms with E-state index in [4.69, 9.17) is 0 Å². The van der Waals surface area contributed by atoms with Gasteiger partial charge in [0.15, 0.2) is 0 Å². The van der Waals surface area contributed by atoms with E-state index in [-0.39, 0.29) is 0 Å². The Morgan fingerprint density at radius 2 is 2.14 bits per heavy atom. The predicted molar refractivity (Wildman–Crippen MR) is 51.9 cm³/mol. The van der Waals surface area contributed by atoms with Crippen molar-refractivity contribution in [2.45, 2.75) is 20.3 Å². The molecule has 0 unspecified atom stereocenters. The number of ether oxygens (including phenoxy) is 1. The lowest BCUT2D eigenvalue weighted by molar-refractivity contribution is 0.0599. The van der Waals surface area contributed by atoms with Gasteiger partial charge in [-0.25, -0.2) is 9.18 Å². The summed E-state index contributed by atoms with van der Waals surface area (Å²) in [5, 5.41) is 0. The Morgan fingerprint density at radius 3 is 2.64 bits per heavy atom. The predicted octanol–water partition coefficient (Wildman–Crippen LogP) is 2.48. The molecule has 0 heterocycles. The quantitative estimate of drug-likeness (QED) is 0.679. The number of carbonyl (C=O) groups is 1. The third-order valence-corrected chi connectivity index (χ3v) is 2.27. The Morgan fingerprint density at radius 1 is 1.50 bits per heavy atom. The van der Waals surface area contributed by atoms with Crippen LogP contribution >= 0.6 is 0 Å². The highest BCUT2D eigenvalue weighted by Crippen LogP contribution is 2.17. The molecule has 0 atom stereocenters. The average Bonchev–Trinajstić information content (AvgIpc) is 2.19. The lowest BCUT2D eigenvalue weighted by Gasteiger charge is -2.08. The second-order valence-corrected chi connectivity index (χ2v) is 3.08. The van der Waals surface area contributed by atoms with Crippen LogP contribution < -0.4 is 0 Å². The number of carbonyl (C=O) groups excluding carboxylic acids is 1. The lowest BCUT2D eigenvalue weighted by Crippen LogP contribution is -2.06. The van der Waals surface area contributed by atoms with E-state index < -0.39 is 11.8 Å². The van der Waals surface area contributed by atoms with Crippen LogP contribution in [0.5, 0.6) is 0 Å². The van der Waals surface area contributed by atoms with Gasteiger partial charge in [-0.15, -0.1) is 0 Å². The van der Waals surface area contributed by atoms with Gasteiger partial charge in [-0.3, -0.25) is 0 Å². The van der Waals surface area contributed by atoms with Gasteiger partial charge < -0.3 is 4.74 Å². The monoisotopic (exact) mass is 196 g/mol. The molecule has 0 aliphatic rings. The van der Waals surface area contributed by atoms with Crippen LogP contribution in [-0.4, -0.2) is 13.1 Å². The average molecular weight is 196 g/mol. The Kier molecular flexibility index (Phi) is 3.23. The molecule has 1 rings (SSSR count). The van der Waals surface area contributed by atoms with Crippen LogP contribution in [0.4, 0.5) is 4.39 Å². The van der Waals surface area contributed by atoms with Gasteiger partial charge in [0.2, 0.25) is 0 Å². The van der Waals surface area contributed by atoms with Crippen molar-refractivity contribution in [2.24, 2.45) is 0 Å². The molecular formula is C11H13FO2. The summed E-state index contributed by atoms with van der Waals surface area (Å²) in [5.74, 6) is -0.885. The van der Waals surface area contributed by atoms with Crippen LogP contribution in [-0.2, 0) is 11.2 Å². The standard InChI is InChI=1S/C11H13FO2/c1-4-8-5-9(12)6-10(7(8)2)11(13)14-3/h5-6H,4H2,1-3H3. The van der Waals surface area contributed by atoms with Crippen LogP contribution in [0.2, 0.25) is 0 Å². The Bertz CT molecular complexity index is 359. The first kappa shape index (κ1) is 10.7. The van der Waals surface area contributed by atoms with Gasteiger partial charge in [-0.05, 0) is 36.6 Å². The first-order valence-electron chi connectivity index (χ1n) is 4.47. The highest BCUT2D eigenvalue weighted by molar-refractivity contribution is 5.91. The number of methoxy groups -OCH3 is 1. The van der Waals surface area contributed by atoms with Crippen LogP contribution in [0.15, 0.2) is 12.1 Å². The third kappa shape index (κ3) is 1.92. The zero-order valence-corrected chi connectivity index (χ0v) is 8.56. The molecule has 0 aromatic heterocycles. The summed E-state index contributed by atoms with van der Waals surface area (Å²) >= 11 is 0. The fraction of sp³-hybridized carbons (Fsp3) is 0.364. The summed E-state index contributed by atoms with van der Waals surface area (Å²) in [6.45, 7) is 3.72. The molecule has 0 aliphatic heterocycles. The number of aryl methyl sites for hydroxylation is 1. The molecule has 3 heteroatoms. The van der Waals surface area contributed by atoms with Crippen LogP contribution in [0, 0.1) is 12.7 Å². The van der Waals surface area contributed by atoms with Gasteiger partial charge in [0.1, 0.15) is 5.82 Å². The summed E-state index contributed by atoms with van der Waals surface area (Å²) in [6.07, 6.45) is 0.702. The molecule has 0 aliphatic carbocycles. The van der Waals surface area contributed by atoms with E-state index in [9.17, 15) is 9.18 Å². The first-order valence-corrected chi connectivity index (χ1v) is 4.47. The van der Waals surface area contributed by atoms with Gasteiger partial charge in [0.25, 0.3) is 0 Å². The zero-order valence-electron chi connectivity index (χ0n) is 8.56. The minimum atomic E-state index is -0.489. The van der Waals surface area contributed by atoms with E-state index in [1.807, 2.05) is 6.92 Å². The molecule has 0 fully saturated rings. The lowest BCUT2D eigenvalue weighted by atomic mass is 10.0. The molecule has 2 nitrogen and oxygen atoms in total. The maximum absolute atomic E-state index is 13.1. The second-order valence-electron chi connectivity index (χ2n) is 3.08. The van der Waals surface area contributed by atoms with Gasteiger partial charge >= 0.3 is 5.97 Å². The topological polar surface area (TPSA) is 26.3 Å². The Balaban J connectivity index is 3.29. The molecule has 1 aromatic carbocycles. The van der Waals surface area contributed by atoms with Gasteiger partial charge in [0.05, 0.1) is 12.7 Å². The van der Waals surface area contributed by atoms with E-state index in [1.54, 1.807) is 6.92 Å². The van der Waals surface area contributed by atoms with Crippen LogP contribution in [0.3, 0.4) is 0 Å². The fourth-order valence-electron chi connectivity index (χ4n) is 1.42. The molecule has 76 valence electrons. The summed E-state index contributed by atoms with van der Waals surface area (Å²) in [4.78, 5) is 11.3. The molecule has 0 bridgehead atoms. The molecule has 0 radical (unpaired) electrons. The molecule has 14 heavy (non-hydrogen) atoms. The third-order valence-electron chi connectivity index (χ3n) is 2.27. The number of hydrogen-bond donors (Lipinski definition) is 0. The van der Waals surface area contributed by atoms with Crippen molar-refractivity contribution < 1.29 is 13.9 Å². The summed E-state index contributed by atoms with van der Waals surface area (Å²) in [7, 11) is 1.29. The summed E-state index contributed by atoms with van der Waals surface area (Å²) in [6, 6.07) is 2.65. The van der Waals surface area contributed by atoms with E-state index >= 15 is 0 Å². The van der Waals surface area contributed by atoms with Gasteiger partial charge in [0, 0.05) is 0 Å². The molecule has 0 spiro atoms. The number of hydrogen-bond acceptors (Lipinski definition) is 2. The van der Waals surface area contributed by atoms with Crippen molar-refractivity contribution in [3.05, 3.63) is 34.6 Å². The van der Waals surface area contributed by atoms with Crippen molar-refractivity contribution in [3.8, 4) is 0 Å². The molecule has 0 saturated heterocycles.